The molecular formula is C22H27N3O5S. The molecule has 0 saturated carbocycles. The molecule has 0 aromatic heterocycles. The van der Waals surface area contributed by atoms with E-state index in [-0.39, 0.29) is 24.9 Å². The minimum atomic E-state index is -3.55. The molecule has 166 valence electrons. The highest BCUT2D eigenvalue weighted by molar-refractivity contribution is 7.92. The first-order valence-corrected chi connectivity index (χ1v) is 11.9. The molecule has 1 heterocycles. The molecule has 3 rings (SSSR count). The van der Waals surface area contributed by atoms with Gasteiger partial charge >= 0.3 is 0 Å². The Bertz CT molecular complexity index is 1100. The van der Waals surface area contributed by atoms with E-state index >= 15 is 0 Å². The van der Waals surface area contributed by atoms with Crippen molar-refractivity contribution in [3.8, 4) is 5.75 Å². The number of aryl methyl sites for hydroxylation is 1. The first kappa shape index (κ1) is 22.6. The molecule has 2 aromatic rings. The zero-order chi connectivity index (χ0) is 22.8. The number of rotatable bonds is 5. The van der Waals surface area contributed by atoms with Crippen LogP contribution in [0.1, 0.15) is 36.2 Å². The zero-order valence-corrected chi connectivity index (χ0v) is 18.8. The lowest BCUT2D eigenvalue weighted by Gasteiger charge is -2.21. The van der Waals surface area contributed by atoms with Crippen LogP contribution in [0.2, 0.25) is 0 Å². The molecule has 8 nitrogen and oxygen atoms in total. The zero-order valence-electron chi connectivity index (χ0n) is 18.0. The third kappa shape index (κ3) is 5.35. The summed E-state index contributed by atoms with van der Waals surface area (Å²) < 4.78 is 31.8. The van der Waals surface area contributed by atoms with Gasteiger partial charge in [0, 0.05) is 19.0 Å². The smallest absolute Gasteiger partial charge is 0.265 e. The molecule has 2 amide bonds. The van der Waals surface area contributed by atoms with Crippen molar-refractivity contribution in [3.05, 3.63) is 53.6 Å². The number of nitrogens with zero attached hydrogens (tertiary/aromatic N) is 1. The molecular weight excluding hydrogens is 418 g/mol. The fourth-order valence-corrected chi connectivity index (χ4v) is 4.30. The van der Waals surface area contributed by atoms with E-state index < -0.39 is 22.0 Å². The molecule has 9 heteroatoms. The number of fused-ring (bicyclic) bond motifs is 1. The summed E-state index contributed by atoms with van der Waals surface area (Å²) in [5, 5.41) is 5.57. The Labute approximate surface area is 182 Å². The molecule has 0 spiro atoms. The monoisotopic (exact) mass is 445 g/mol. The van der Waals surface area contributed by atoms with E-state index in [1.807, 2.05) is 20.8 Å². The third-order valence-electron chi connectivity index (χ3n) is 4.79. The van der Waals surface area contributed by atoms with Gasteiger partial charge in [0.1, 0.15) is 5.75 Å². The number of ether oxygens (including phenoxy) is 1. The molecule has 0 aliphatic carbocycles. The predicted molar refractivity (Wildman–Crippen MR) is 120 cm³/mol. The van der Waals surface area contributed by atoms with E-state index in [4.69, 9.17) is 4.74 Å². The highest BCUT2D eigenvalue weighted by Crippen LogP contribution is 2.35. The van der Waals surface area contributed by atoms with Crippen LogP contribution in [0.3, 0.4) is 0 Å². The summed E-state index contributed by atoms with van der Waals surface area (Å²) in [7, 11) is -3.55. The lowest BCUT2D eigenvalue weighted by Crippen LogP contribution is -2.36. The highest BCUT2D eigenvalue weighted by Gasteiger charge is 2.31. The van der Waals surface area contributed by atoms with Crippen LogP contribution >= 0.6 is 0 Å². The van der Waals surface area contributed by atoms with Crippen molar-refractivity contribution < 1.29 is 22.7 Å². The Morgan fingerprint density at radius 3 is 2.55 bits per heavy atom. The highest BCUT2D eigenvalue weighted by atomic mass is 32.2. The average molecular weight is 446 g/mol. The Balaban J connectivity index is 1.86. The van der Waals surface area contributed by atoms with Crippen molar-refractivity contribution in [2.45, 2.75) is 39.3 Å². The second kappa shape index (κ2) is 8.97. The van der Waals surface area contributed by atoms with E-state index in [0.717, 1.165) is 11.8 Å². The van der Waals surface area contributed by atoms with E-state index in [2.05, 4.69) is 10.6 Å². The first-order valence-electron chi connectivity index (χ1n) is 10.0. The van der Waals surface area contributed by atoms with Crippen molar-refractivity contribution >= 4 is 33.2 Å². The van der Waals surface area contributed by atoms with E-state index in [9.17, 15) is 18.0 Å². The third-order valence-corrected chi connectivity index (χ3v) is 5.97. The van der Waals surface area contributed by atoms with Gasteiger partial charge in [-0.05, 0) is 50.6 Å². The van der Waals surface area contributed by atoms with Crippen molar-refractivity contribution in [1.29, 1.82) is 0 Å². The normalized spacial score (nSPS) is 16.2. The Hall–Kier alpha value is -3.07. The van der Waals surface area contributed by atoms with Gasteiger partial charge in [0.05, 0.1) is 23.2 Å². The fourth-order valence-electron chi connectivity index (χ4n) is 3.36. The van der Waals surface area contributed by atoms with Gasteiger partial charge in [-0.15, -0.1) is 0 Å². The van der Waals surface area contributed by atoms with Crippen LogP contribution < -0.4 is 19.7 Å². The van der Waals surface area contributed by atoms with Crippen LogP contribution in [-0.2, 0) is 14.8 Å². The second-order valence-electron chi connectivity index (χ2n) is 7.86. The van der Waals surface area contributed by atoms with Crippen LogP contribution in [0.15, 0.2) is 42.5 Å². The van der Waals surface area contributed by atoms with Gasteiger partial charge < -0.3 is 15.4 Å². The van der Waals surface area contributed by atoms with E-state index in [0.29, 0.717) is 22.7 Å². The maximum absolute atomic E-state index is 13.0. The van der Waals surface area contributed by atoms with Gasteiger partial charge in [-0.25, -0.2) is 8.42 Å². The van der Waals surface area contributed by atoms with Crippen LogP contribution in [0.25, 0.3) is 0 Å². The predicted octanol–water partition coefficient (Wildman–Crippen LogP) is 2.69. The molecule has 0 bridgehead atoms. The number of hydrogen-bond acceptors (Lipinski definition) is 5. The number of para-hydroxylation sites is 1. The number of anilines is 2. The van der Waals surface area contributed by atoms with Gasteiger partial charge in [0.25, 0.3) is 11.8 Å². The van der Waals surface area contributed by atoms with Crippen LogP contribution in [0.5, 0.6) is 5.75 Å². The standard InChI is InChI=1S/C22H27N3O5S/c1-14(2)23-21(26)16-7-5-6-8-17(16)24-22(27)20-11-12-25(31(4,28)29)18-13-15(3)9-10-19(18)30-20/h5-10,13-14,20H,11-12H2,1-4H3,(H,23,26)(H,24,27)/t20-/m1/s1. The number of hydrogen-bond donors (Lipinski definition) is 2. The van der Waals surface area contributed by atoms with Gasteiger partial charge in [-0.2, -0.15) is 0 Å². The van der Waals surface area contributed by atoms with Crippen molar-refractivity contribution in [2.75, 3.05) is 22.4 Å². The number of carbonyl (C=O) groups is 2. The lowest BCUT2D eigenvalue weighted by molar-refractivity contribution is -0.122. The molecule has 0 fully saturated rings. The average Bonchev–Trinajstić information content (AvgIpc) is 2.87. The number of nitrogens with one attached hydrogen (secondary N) is 2. The molecule has 1 aliphatic rings. The Morgan fingerprint density at radius 2 is 1.87 bits per heavy atom. The summed E-state index contributed by atoms with van der Waals surface area (Å²) in [4.78, 5) is 25.5. The fraction of sp³-hybridized carbons (Fsp3) is 0.364. The van der Waals surface area contributed by atoms with E-state index in [1.54, 1.807) is 42.5 Å². The summed E-state index contributed by atoms with van der Waals surface area (Å²) in [6, 6.07) is 11.8. The number of carbonyl (C=O) groups excluding carboxylic acids is 2. The Kier molecular flexibility index (Phi) is 6.54. The van der Waals surface area contributed by atoms with E-state index in [1.165, 1.54) is 4.31 Å². The molecule has 31 heavy (non-hydrogen) atoms. The molecule has 1 atom stereocenters. The number of sulfonamides is 1. The maximum atomic E-state index is 13.0. The van der Waals surface area contributed by atoms with Crippen LogP contribution in [-0.4, -0.2) is 45.2 Å². The van der Waals surface area contributed by atoms with Crippen LogP contribution in [0, 0.1) is 6.92 Å². The lowest BCUT2D eigenvalue weighted by atomic mass is 10.1. The topological polar surface area (TPSA) is 105 Å². The van der Waals surface area contributed by atoms with Gasteiger partial charge in [0.2, 0.25) is 10.0 Å². The minimum Gasteiger partial charge on any atom is -0.478 e. The number of benzene rings is 2. The molecule has 0 saturated heterocycles. The van der Waals surface area contributed by atoms with Crippen molar-refractivity contribution in [3.63, 3.8) is 0 Å². The molecule has 2 N–H and O–H groups in total. The molecule has 0 unspecified atom stereocenters. The SMILES string of the molecule is Cc1ccc2c(c1)N(S(C)(=O)=O)CC[C@H](C(=O)Nc1ccccc1C(=O)NC(C)C)O2. The summed E-state index contributed by atoms with van der Waals surface area (Å²) in [5.74, 6) is -0.428. The summed E-state index contributed by atoms with van der Waals surface area (Å²) in [6.07, 6.45) is 0.366. The summed E-state index contributed by atoms with van der Waals surface area (Å²) in [6.45, 7) is 5.66. The molecule has 1 aliphatic heterocycles. The first-order chi connectivity index (χ1) is 14.6. The quantitative estimate of drug-likeness (QED) is 0.736. The largest absolute Gasteiger partial charge is 0.478 e. The van der Waals surface area contributed by atoms with Crippen LogP contribution in [0.4, 0.5) is 11.4 Å². The minimum absolute atomic E-state index is 0.0524. The Morgan fingerprint density at radius 1 is 1.16 bits per heavy atom. The molecule has 2 aromatic carbocycles. The molecule has 0 radical (unpaired) electrons. The second-order valence-corrected chi connectivity index (χ2v) is 9.77. The number of amides is 2. The maximum Gasteiger partial charge on any atom is 0.265 e. The van der Waals surface area contributed by atoms with Crippen molar-refractivity contribution in [1.82, 2.24) is 5.32 Å². The summed E-state index contributed by atoms with van der Waals surface area (Å²) in [5.41, 5.74) is 1.99. The van der Waals surface area contributed by atoms with Gasteiger partial charge in [0.15, 0.2) is 6.10 Å². The van der Waals surface area contributed by atoms with Crippen molar-refractivity contribution in [2.24, 2.45) is 0 Å². The van der Waals surface area contributed by atoms with Gasteiger partial charge in [-0.1, -0.05) is 18.2 Å². The summed E-state index contributed by atoms with van der Waals surface area (Å²) >= 11 is 0. The van der Waals surface area contributed by atoms with Gasteiger partial charge in [-0.3, -0.25) is 13.9 Å².